The highest BCUT2D eigenvalue weighted by Gasteiger charge is 2.34. The fourth-order valence-electron chi connectivity index (χ4n) is 2.40. The zero-order valence-corrected chi connectivity index (χ0v) is 13.0. The van der Waals surface area contributed by atoms with Crippen molar-refractivity contribution in [3.8, 4) is 11.3 Å². The molecular formula is C18H14F3N3O. The number of carbonyl (C=O) groups is 1. The average Bonchev–Trinajstić information content (AvgIpc) is 3.09. The fourth-order valence-corrected chi connectivity index (χ4v) is 2.40. The topological polar surface area (TPSA) is 57.8 Å². The summed E-state index contributed by atoms with van der Waals surface area (Å²) in [7, 11) is 0. The third-order valence-corrected chi connectivity index (χ3v) is 3.61. The van der Waals surface area contributed by atoms with Gasteiger partial charge in [0.05, 0.1) is 29.6 Å². The summed E-state index contributed by atoms with van der Waals surface area (Å²) >= 11 is 0. The number of nitrogens with zero attached hydrogens (tertiary/aromatic N) is 1. The molecule has 0 aliphatic carbocycles. The second-order valence-electron chi connectivity index (χ2n) is 5.34. The Balaban J connectivity index is 1.71. The summed E-state index contributed by atoms with van der Waals surface area (Å²) < 4.78 is 38.9. The number of H-pyrrole nitrogens is 1. The largest absolute Gasteiger partial charge is 0.417 e. The normalized spacial score (nSPS) is 11.3. The van der Waals surface area contributed by atoms with Crippen LogP contribution in [0.1, 0.15) is 21.7 Å². The highest BCUT2D eigenvalue weighted by atomic mass is 19.4. The number of imidazole rings is 1. The molecule has 25 heavy (non-hydrogen) atoms. The summed E-state index contributed by atoms with van der Waals surface area (Å²) in [5, 5.41) is 2.46. The van der Waals surface area contributed by atoms with Crippen LogP contribution in [0.3, 0.4) is 0 Å². The monoisotopic (exact) mass is 345 g/mol. The number of nitrogens with one attached hydrogen (secondary N) is 2. The van der Waals surface area contributed by atoms with Crippen LogP contribution in [0.15, 0.2) is 60.8 Å². The Hall–Kier alpha value is -3.09. The van der Waals surface area contributed by atoms with Crippen molar-refractivity contribution in [2.75, 3.05) is 0 Å². The van der Waals surface area contributed by atoms with Crippen molar-refractivity contribution in [2.24, 2.45) is 0 Å². The van der Waals surface area contributed by atoms with Gasteiger partial charge in [-0.05, 0) is 17.7 Å². The molecule has 0 saturated heterocycles. The number of rotatable bonds is 4. The summed E-state index contributed by atoms with van der Waals surface area (Å²) in [5.41, 5.74) is 0.317. The van der Waals surface area contributed by atoms with Gasteiger partial charge in [0.1, 0.15) is 5.82 Å². The Morgan fingerprint density at radius 2 is 1.72 bits per heavy atom. The van der Waals surface area contributed by atoms with E-state index in [0.29, 0.717) is 5.82 Å². The molecule has 0 bridgehead atoms. The van der Waals surface area contributed by atoms with Crippen LogP contribution in [0.5, 0.6) is 0 Å². The van der Waals surface area contributed by atoms with Crippen LogP contribution in [-0.2, 0) is 12.7 Å². The molecule has 7 heteroatoms. The van der Waals surface area contributed by atoms with E-state index in [1.807, 2.05) is 30.3 Å². The summed E-state index contributed by atoms with van der Waals surface area (Å²) in [6.45, 7) is -0.00212. The van der Waals surface area contributed by atoms with Crippen LogP contribution in [0.25, 0.3) is 11.3 Å². The van der Waals surface area contributed by atoms with Gasteiger partial charge in [-0.2, -0.15) is 13.2 Å². The van der Waals surface area contributed by atoms with E-state index in [0.717, 1.165) is 23.4 Å². The first-order chi connectivity index (χ1) is 11.9. The number of amides is 1. The molecule has 0 atom stereocenters. The number of halogens is 3. The Morgan fingerprint density at radius 3 is 2.44 bits per heavy atom. The number of hydrogen-bond acceptors (Lipinski definition) is 2. The molecule has 0 spiro atoms. The van der Waals surface area contributed by atoms with Gasteiger partial charge in [-0.3, -0.25) is 4.79 Å². The van der Waals surface area contributed by atoms with Crippen LogP contribution in [0.2, 0.25) is 0 Å². The second-order valence-corrected chi connectivity index (χ2v) is 5.34. The maximum absolute atomic E-state index is 13.0. The summed E-state index contributed by atoms with van der Waals surface area (Å²) in [4.78, 5) is 19.3. The van der Waals surface area contributed by atoms with Gasteiger partial charge < -0.3 is 10.3 Å². The zero-order chi connectivity index (χ0) is 17.9. The molecule has 1 amide bonds. The highest BCUT2D eigenvalue weighted by Crippen LogP contribution is 2.31. The van der Waals surface area contributed by atoms with Crippen LogP contribution >= 0.6 is 0 Å². The number of alkyl halides is 3. The Morgan fingerprint density at radius 1 is 1.04 bits per heavy atom. The quantitative estimate of drug-likeness (QED) is 0.750. The minimum absolute atomic E-state index is 0.00212. The molecule has 0 radical (unpaired) electrons. The molecule has 0 aliphatic heterocycles. The summed E-state index contributed by atoms with van der Waals surface area (Å²) in [5.74, 6) is -0.345. The lowest BCUT2D eigenvalue weighted by Gasteiger charge is -2.12. The third kappa shape index (κ3) is 3.88. The zero-order valence-electron chi connectivity index (χ0n) is 13.0. The fraction of sp³-hybridized carbons (Fsp3) is 0.111. The van der Waals surface area contributed by atoms with Gasteiger partial charge in [-0.25, -0.2) is 4.98 Å². The van der Waals surface area contributed by atoms with Gasteiger partial charge in [-0.1, -0.05) is 42.5 Å². The second kappa shape index (κ2) is 6.80. The van der Waals surface area contributed by atoms with E-state index in [2.05, 4.69) is 15.3 Å². The molecule has 4 nitrogen and oxygen atoms in total. The smallest absolute Gasteiger partial charge is 0.345 e. The minimum Gasteiger partial charge on any atom is -0.345 e. The van der Waals surface area contributed by atoms with Crippen molar-refractivity contribution in [3.63, 3.8) is 0 Å². The Bertz CT molecular complexity index is 873. The molecule has 0 fully saturated rings. The lowest BCUT2D eigenvalue weighted by atomic mass is 10.1. The molecule has 128 valence electrons. The van der Waals surface area contributed by atoms with E-state index in [-0.39, 0.29) is 6.54 Å². The molecule has 2 N–H and O–H groups in total. The molecule has 0 aliphatic rings. The molecule has 2 aromatic carbocycles. The van der Waals surface area contributed by atoms with Crippen molar-refractivity contribution in [2.45, 2.75) is 12.7 Å². The molecule has 1 aromatic heterocycles. The van der Waals surface area contributed by atoms with E-state index in [1.54, 1.807) is 6.20 Å². The van der Waals surface area contributed by atoms with Gasteiger partial charge in [0.2, 0.25) is 0 Å². The lowest BCUT2D eigenvalue weighted by molar-refractivity contribution is -0.137. The van der Waals surface area contributed by atoms with Crippen molar-refractivity contribution < 1.29 is 18.0 Å². The van der Waals surface area contributed by atoms with E-state index in [4.69, 9.17) is 0 Å². The highest BCUT2D eigenvalue weighted by molar-refractivity contribution is 5.95. The van der Waals surface area contributed by atoms with Crippen LogP contribution in [0, 0.1) is 0 Å². The first-order valence-electron chi connectivity index (χ1n) is 7.49. The average molecular weight is 345 g/mol. The number of carbonyl (C=O) groups excluding carboxylic acids is 1. The van der Waals surface area contributed by atoms with Crippen molar-refractivity contribution >= 4 is 5.91 Å². The molecular weight excluding hydrogens is 331 g/mol. The molecule has 0 saturated carbocycles. The van der Waals surface area contributed by atoms with Gasteiger partial charge in [0, 0.05) is 0 Å². The van der Waals surface area contributed by atoms with Gasteiger partial charge in [-0.15, -0.1) is 0 Å². The first-order valence-corrected chi connectivity index (χ1v) is 7.49. The number of hydrogen-bond donors (Lipinski definition) is 2. The number of aromatic amines is 1. The van der Waals surface area contributed by atoms with Crippen LogP contribution < -0.4 is 5.32 Å². The van der Waals surface area contributed by atoms with Crippen molar-refractivity contribution in [1.29, 1.82) is 0 Å². The van der Waals surface area contributed by atoms with Crippen molar-refractivity contribution in [1.82, 2.24) is 15.3 Å². The van der Waals surface area contributed by atoms with E-state index >= 15 is 0 Å². The molecule has 0 unspecified atom stereocenters. The summed E-state index contributed by atoms with van der Waals surface area (Å²) in [6, 6.07) is 14.1. The van der Waals surface area contributed by atoms with E-state index < -0.39 is 23.2 Å². The minimum atomic E-state index is -4.58. The maximum atomic E-state index is 13.0. The van der Waals surface area contributed by atoms with E-state index in [9.17, 15) is 18.0 Å². The summed E-state index contributed by atoms with van der Waals surface area (Å²) in [6.07, 6.45) is -2.97. The Labute approximate surface area is 141 Å². The third-order valence-electron chi connectivity index (χ3n) is 3.61. The molecule has 1 heterocycles. The SMILES string of the molecule is O=C(NCc1ncc(-c2ccccc2)[nH]1)c1ccccc1C(F)(F)F. The lowest BCUT2D eigenvalue weighted by Crippen LogP contribution is -2.26. The van der Waals surface area contributed by atoms with E-state index in [1.165, 1.54) is 12.1 Å². The Kier molecular flexibility index (Phi) is 4.56. The standard InChI is InChI=1S/C18H14F3N3O/c19-18(20,21)14-9-5-4-8-13(14)17(25)23-11-16-22-10-15(24-16)12-6-2-1-3-7-12/h1-10H,11H2,(H,22,24)(H,23,25). The van der Waals surface area contributed by atoms with Gasteiger partial charge in [0.15, 0.2) is 0 Å². The number of aromatic nitrogens is 2. The van der Waals surface area contributed by atoms with Crippen LogP contribution in [-0.4, -0.2) is 15.9 Å². The molecule has 3 aromatic rings. The van der Waals surface area contributed by atoms with Gasteiger partial charge >= 0.3 is 6.18 Å². The predicted octanol–water partition coefficient (Wildman–Crippen LogP) is 4.03. The first kappa shape index (κ1) is 16.8. The van der Waals surface area contributed by atoms with Crippen molar-refractivity contribution in [3.05, 3.63) is 77.7 Å². The number of benzene rings is 2. The van der Waals surface area contributed by atoms with Gasteiger partial charge in [0.25, 0.3) is 5.91 Å². The predicted molar refractivity (Wildman–Crippen MR) is 86.6 cm³/mol. The molecule has 3 rings (SSSR count). The maximum Gasteiger partial charge on any atom is 0.417 e. The van der Waals surface area contributed by atoms with Crippen LogP contribution in [0.4, 0.5) is 13.2 Å².